The third-order valence-corrected chi connectivity index (χ3v) is 1.35. The normalized spacial score (nSPS) is 10.1. The summed E-state index contributed by atoms with van der Waals surface area (Å²) in [5.74, 6) is -0.469. The summed E-state index contributed by atoms with van der Waals surface area (Å²) in [4.78, 5) is 24.9. The summed E-state index contributed by atoms with van der Waals surface area (Å²) >= 11 is 0. The number of ether oxygens (including phenoxy) is 1. The minimum Gasteiger partial charge on any atom is -0.444 e. The van der Waals surface area contributed by atoms with E-state index < -0.39 is 17.5 Å². The topological polar surface area (TPSA) is 91.8 Å². The number of nitrogens with one attached hydrogen (secondary N) is 1. The van der Waals surface area contributed by atoms with Gasteiger partial charge in [-0.05, 0) is 20.8 Å². The molecule has 6 heteroatoms. The Morgan fingerprint density at radius 2 is 1.93 bits per heavy atom. The van der Waals surface area contributed by atoms with E-state index in [0.29, 0.717) is 0 Å². The molecule has 0 bridgehead atoms. The number of nitrogens with zero attached hydrogens (tertiary/aromatic N) is 2. The molecule has 0 aromatic heterocycles. The lowest BCUT2D eigenvalue weighted by molar-refractivity contribution is -0.116. The lowest BCUT2D eigenvalue weighted by atomic mass is 10.2. The van der Waals surface area contributed by atoms with Gasteiger partial charge in [0.25, 0.3) is 5.78 Å². The molecule has 0 fully saturated rings. The lowest BCUT2D eigenvalue weighted by Crippen LogP contribution is -2.37. The molecule has 0 spiro atoms. The van der Waals surface area contributed by atoms with E-state index in [9.17, 15) is 9.59 Å². The number of ketones is 1. The summed E-state index contributed by atoms with van der Waals surface area (Å²) in [6, 6.07) is 0. The number of alkyl carbamates (subject to hydrolysis) is 1. The van der Waals surface area contributed by atoms with Crippen LogP contribution in [0.2, 0.25) is 0 Å². The predicted molar refractivity (Wildman–Crippen MR) is 53.5 cm³/mol. The van der Waals surface area contributed by atoms with Gasteiger partial charge in [-0.15, -0.1) is 0 Å². The molecular formula is C9H15N3O3. The van der Waals surface area contributed by atoms with Crippen molar-refractivity contribution in [3.63, 3.8) is 0 Å². The Morgan fingerprint density at radius 3 is 2.33 bits per heavy atom. The van der Waals surface area contributed by atoms with E-state index in [2.05, 4.69) is 10.1 Å². The van der Waals surface area contributed by atoms with Gasteiger partial charge < -0.3 is 15.6 Å². The third kappa shape index (κ3) is 6.40. The van der Waals surface area contributed by atoms with Gasteiger partial charge in [0.1, 0.15) is 5.60 Å². The Labute approximate surface area is 88.2 Å². The van der Waals surface area contributed by atoms with E-state index >= 15 is 0 Å². The van der Waals surface area contributed by atoms with Crippen LogP contribution in [0, 0.1) is 0 Å². The molecule has 0 aromatic carbocycles. The van der Waals surface area contributed by atoms with E-state index in [1.54, 1.807) is 20.8 Å². The Hall–Kier alpha value is -1.68. The summed E-state index contributed by atoms with van der Waals surface area (Å²) < 4.78 is 4.90. The van der Waals surface area contributed by atoms with Crippen molar-refractivity contribution < 1.29 is 19.1 Å². The maximum atomic E-state index is 11.1. The smallest absolute Gasteiger partial charge is 0.408 e. The number of hydrogen-bond donors (Lipinski definition) is 1. The van der Waals surface area contributed by atoms with E-state index in [-0.39, 0.29) is 12.3 Å². The van der Waals surface area contributed by atoms with Crippen LogP contribution in [-0.2, 0) is 9.53 Å². The Morgan fingerprint density at radius 1 is 1.40 bits per heavy atom. The molecule has 0 rings (SSSR count). The molecule has 0 aliphatic rings. The highest BCUT2D eigenvalue weighted by atomic mass is 16.6. The van der Waals surface area contributed by atoms with Gasteiger partial charge in [-0.1, -0.05) is 0 Å². The van der Waals surface area contributed by atoms with Crippen LogP contribution < -0.4 is 5.32 Å². The van der Waals surface area contributed by atoms with Crippen LogP contribution in [0.5, 0.6) is 0 Å². The van der Waals surface area contributed by atoms with Crippen molar-refractivity contribution in [1.29, 1.82) is 0 Å². The number of amides is 1. The monoisotopic (exact) mass is 213 g/mol. The SMILES string of the molecule is CC(=[N+]=[N-])C(=O)CNC(=O)OC(C)(C)C. The molecule has 0 saturated carbocycles. The second-order valence-corrected chi connectivity index (χ2v) is 3.96. The molecule has 6 nitrogen and oxygen atoms in total. The molecular weight excluding hydrogens is 198 g/mol. The summed E-state index contributed by atoms with van der Waals surface area (Å²) in [5, 5.41) is 2.25. The fourth-order valence-corrected chi connectivity index (χ4v) is 0.650. The van der Waals surface area contributed by atoms with Crippen molar-refractivity contribution in [3.8, 4) is 0 Å². The van der Waals surface area contributed by atoms with Crippen LogP contribution in [0.3, 0.4) is 0 Å². The van der Waals surface area contributed by atoms with Crippen LogP contribution >= 0.6 is 0 Å². The van der Waals surface area contributed by atoms with E-state index in [1.165, 1.54) is 6.92 Å². The van der Waals surface area contributed by atoms with Crippen molar-refractivity contribution in [2.75, 3.05) is 6.54 Å². The highest BCUT2D eigenvalue weighted by Crippen LogP contribution is 2.05. The first-order chi connectivity index (χ1) is 6.76. The Kier molecular flexibility index (Phi) is 4.67. The average molecular weight is 213 g/mol. The zero-order valence-corrected chi connectivity index (χ0v) is 9.33. The zero-order chi connectivity index (χ0) is 12.1. The van der Waals surface area contributed by atoms with Gasteiger partial charge in [-0.25, -0.2) is 4.79 Å². The van der Waals surface area contributed by atoms with Crippen LogP contribution in [-0.4, -0.2) is 34.5 Å². The van der Waals surface area contributed by atoms with Crippen LogP contribution in [0.4, 0.5) is 4.79 Å². The largest absolute Gasteiger partial charge is 0.444 e. The fraction of sp³-hybridized carbons (Fsp3) is 0.667. The van der Waals surface area contributed by atoms with E-state index in [0.717, 1.165) is 0 Å². The van der Waals surface area contributed by atoms with Crippen molar-refractivity contribution in [2.45, 2.75) is 33.3 Å². The minimum absolute atomic E-state index is 0.0638. The van der Waals surface area contributed by atoms with Crippen molar-refractivity contribution in [3.05, 3.63) is 5.53 Å². The Balaban J connectivity index is 4.03. The van der Waals surface area contributed by atoms with Crippen LogP contribution in [0.15, 0.2) is 0 Å². The number of Topliss-reactive ketones (excluding diaryl/α,β-unsaturated/α-hetero) is 1. The van der Waals surface area contributed by atoms with Crippen LogP contribution in [0.1, 0.15) is 27.7 Å². The van der Waals surface area contributed by atoms with Crippen molar-refractivity contribution >= 4 is 17.6 Å². The molecule has 0 heterocycles. The summed E-state index contributed by atoms with van der Waals surface area (Å²) in [5.41, 5.74) is 7.61. The number of hydrogen-bond acceptors (Lipinski definition) is 3. The van der Waals surface area contributed by atoms with Gasteiger partial charge >= 0.3 is 11.8 Å². The third-order valence-electron chi connectivity index (χ3n) is 1.35. The summed E-state index contributed by atoms with van der Waals surface area (Å²) in [7, 11) is 0. The minimum atomic E-state index is -0.679. The van der Waals surface area contributed by atoms with E-state index in [1.807, 2.05) is 0 Å². The maximum absolute atomic E-state index is 11.1. The molecule has 0 aromatic rings. The van der Waals surface area contributed by atoms with Crippen molar-refractivity contribution in [2.24, 2.45) is 0 Å². The van der Waals surface area contributed by atoms with Gasteiger partial charge in [0.2, 0.25) is 0 Å². The van der Waals surface area contributed by atoms with Crippen LogP contribution in [0.25, 0.3) is 5.53 Å². The van der Waals surface area contributed by atoms with Gasteiger partial charge in [0.15, 0.2) is 0 Å². The zero-order valence-electron chi connectivity index (χ0n) is 9.33. The van der Waals surface area contributed by atoms with Gasteiger partial charge in [-0.2, -0.15) is 4.79 Å². The molecule has 0 aliphatic carbocycles. The molecule has 0 unspecified atom stereocenters. The summed E-state index contributed by atoms with van der Waals surface area (Å²) in [6.07, 6.45) is -0.679. The highest BCUT2D eigenvalue weighted by molar-refractivity contribution is 6.37. The van der Waals surface area contributed by atoms with Gasteiger partial charge in [-0.3, -0.25) is 4.79 Å². The predicted octanol–water partition coefficient (Wildman–Crippen LogP) is 0.771. The second kappa shape index (κ2) is 5.26. The van der Waals surface area contributed by atoms with Crippen molar-refractivity contribution in [1.82, 2.24) is 5.32 Å². The van der Waals surface area contributed by atoms with Gasteiger partial charge in [0.05, 0.1) is 6.54 Å². The quantitative estimate of drug-likeness (QED) is 0.426. The lowest BCUT2D eigenvalue weighted by Gasteiger charge is -2.19. The molecule has 1 N–H and O–H groups in total. The average Bonchev–Trinajstić information content (AvgIpc) is 2.10. The molecule has 84 valence electrons. The fourth-order valence-electron chi connectivity index (χ4n) is 0.650. The standard InChI is InChI=1S/C9H15N3O3/c1-6(12-10)7(13)5-11-8(14)15-9(2,3)4/h5H2,1-4H3,(H,11,14). The first-order valence-electron chi connectivity index (χ1n) is 4.45. The molecule has 0 saturated heterocycles. The molecule has 0 aliphatic heterocycles. The highest BCUT2D eigenvalue weighted by Gasteiger charge is 2.18. The summed E-state index contributed by atoms with van der Waals surface area (Å²) in [6.45, 7) is 6.25. The molecule has 15 heavy (non-hydrogen) atoms. The Bertz CT molecular complexity index is 311. The first kappa shape index (κ1) is 13.3. The molecule has 0 radical (unpaired) electrons. The van der Waals surface area contributed by atoms with E-state index in [4.69, 9.17) is 10.3 Å². The maximum Gasteiger partial charge on any atom is 0.408 e. The number of carbonyl (C=O) groups excluding carboxylic acids is 2. The number of carbonyl (C=O) groups is 2. The number of rotatable bonds is 3. The molecule has 1 amide bonds. The first-order valence-corrected chi connectivity index (χ1v) is 4.45. The second-order valence-electron chi connectivity index (χ2n) is 3.96. The molecule has 0 atom stereocenters. The van der Waals surface area contributed by atoms with Gasteiger partial charge in [0, 0.05) is 6.92 Å².